The van der Waals surface area contributed by atoms with Gasteiger partial charge in [-0.15, -0.1) is 0 Å². The van der Waals surface area contributed by atoms with Gasteiger partial charge in [0.15, 0.2) is 15.6 Å². The highest BCUT2D eigenvalue weighted by atomic mass is 32.2. The molecule has 1 aromatic rings. The summed E-state index contributed by atoms with van der Waals surface area (Å²) >= 11 is 0. The molecular formula is C11H14O4S. The van der Waals surface area contributed by atoms with E-state index in [1.54, 1.807) is 18.2 Å². The molecule has 0 fully saturated rings. The maximum atomic E-state index is 11.2. The highest BCUT2D eigenvalue weighted by Crippen LogP contribution is 2.22. The second-order valence-electron chi connectivity index (χ2n) is 3.65. The van der Waals surface area contributed by atoms with Crippen molar-refractivity contribution in [3.05, 3.63) is 29.3 Å². The molecule has 0 aromatic heterocycles. The van der Waals surface area contributed by atoms with Crippen LogP contribution < -0.4 is 4.74 Å². The Hall–Kier alpha value is -1.36. The fourth-order valence-corrected chi connectivity index (χ4v) is 2.18. The number of sulfone groups is 1. The third kappa shape index (κ3) is 3.34. The smallest absolute Gasteiger partial charge is 0.159 e. The van der Waals surface area contributed by atoms with E-state index in [4.69, 9.17) is 4.74 Å². The largest absolute Gasteiger partial charge is 0.496 e. The van der Waals surface area contributed by atoms with E-state index in [-0.39, 0.29) is 11.5 Å². The number of ketones is 1. The van der Waals surface area contributed by atoms with Gasteiger partial charge in [-0.25, -0.2) is 8.42 Å². The minimum atomic E-state index is -3.14. The minimum Gasteiger partial charge on any atom is -0.496 e. The molecule has 0 radical (unpaired) electrons. The van der Waals surface area contributed by atoms with Crippen LogP contribution in [0.15, 0.2) is 18.2 Å². The van der Waals surface area contributed by atoms with Crippen molar-refractivity contribution in [2.24, 2.45) is 0 Å². The van der Waals surface area contributed by atoms with E-state index in [1.165, 1.54) is 14.0 Å². The molecule has 0 atom stereocenters. The van der Waals surface area contributed by atoms with Crippen molar-refractivity contribution in [1.29, 1.82) is 0 Å². The van der Waals surface area contributed by atoms with E-state index in [9.17, 15) is 13.2 Å². The Morgan fingerprint density at radius 2 is 2.00 bits per heavy atom. The number of benzene rings is 1. The fourth-order valence-electron chi connectivity index (χ4n) is 1.39. The van der Waals surface area contributed by atoms with E-state index in [1.807, 2.05) is 0 Å². The molecule has 4 nitrogen and oxygen atoms in total. The molecule has 0 aliphatic heterocycles. The molecule has 16 heavy (non-hydrogen) atoms. The van der Waals surface area contributed by atoms with E-state index < -0.39 is 9.84 Å². The van der Waals surface area contributed by atoms with E-state index in [0.717, 1.165) is 6.26 Å². The first-order chi connectivity index (χ1) is 7.33. The quantitative estimate of drug-likeness (QED) is 0.750. The summed E-state index contributed by atoms with van der Waals surface area (Å²) in [5, 5.41) is 0. The average Bonchev–Trinajstić information content (AvgIpc) is 2.15. The summed E-state index contributed by atoms with van der Waals surface area (Å²) in [4.78, 5) is 11.2. The molecule has 88 valence electrons. The highest BCUT2D eigenvalue weighted by Gasteiger charge is 2.12. The van der Waals surface area contributed by atoms with Gasteiger partial charge in [-0.2, -0.15) is 0 Å². The monoisotopic (exact) mass is 242 g/mol. The van der Waals surface area contributed by atoms with Gasteiger partial charge in [0.05, 0.1) is 12.9 Å². The fraction of sp³-hybridized carbons (Fsp3) is 0.364. The lowest BCUT2D eigenvalue weighted by molar-refractivity contribution is 0.101. The summed E-state index contributed by atoms with van der Waals surface area (Å²) in [7, 11) is -1.68. The third-order valence-electron chi connectivity index (χ3n) is 2.10. The second kappa shape index (κ2) is 4.65. The molecule has 0 N–H and O–H groups in total. The molecule has 5 heteroatoms. The molecule has 0 spiro atoms. The molecular weight excluding hydrogens is 228 g/mol. The number of hydrogen-bond acceptors (Lipinski definition) is 4. The molecule has 0 saturated carbocycles. The van der Waals surface area contributed by atoms with Crippen molar-refractivity contribution in [3.63, 3.8) is 0 Å². The Labute approximate surface area is 95.2 Å². The van der Waals surface area contributed by atoms with Crippen LogP contribution in [0.2, 0.25) is 0 Å². The highest BCUT2D eigenvalue weighted by molar-refractivity contribution is 7.89. The Morgan fingerprint density at radius 1 is 1.38 bits per heavy atom. The summed E-state index contributed by atoms with van der Waals surface area (Å²) in [6, 6.07) is 4.78. The van der Waals surface area contributed by atoms with Gasteiger partial charge in [0, 0.05) is 17.4 Å². The van der Waals surface area contributed by atoms with Crippen LogP contribution in [0.1, 0.15) is 22.8 Å². The van der Waals surface area contributed by atoms with Gasteiger partial charge in [-0.3, -0.25) is 4.79 Å². The Kier molecular flexibility index (Phi) is 3.70. The average molecular weight is 242 g/mol. The standard InChI is InChI=1S/C11H14O4S/c1-8(12)9-4-5-11(15-2)10(6-9)7-16(3,13)14/h4-6H,7H2,1-3H3. The van der Waals surface area contributed by atoms with Gasteiger partial charge in [0.1, 0.15) is 5.75 Å². The number of carbonyl (C=O) groups excluding carboxylic acids is 1. The molecule has 0 unspecified atom stereocenters. The van der Waals surface area contributed by atoms with Crippen molar-refractivity contribution in [2.45, 2.75) is 12.7 Å². The van der Waals surface area contributed by atoms with Gasteiger partial charge in [-0.1, -0.05) is 0 Å². The topological polar surface area (TPSA) is 60.4 Å². The van der Waals surface area contributed by atoms with E-state index >= 15 is 0 Å². The molecule has 1 aromatic carbocycles. The number of carbonyl (C=O) groups is 1. The van der Waals surface area contributed by atoms with Gasteiger partial charge in [0.2, 0.25) is 0 Å². The molecule has 0 saturated heterocycles. The van der Waals surface area contributed by atoms with Crippen LogP contribution in [0.4, 0.5) is 0 Å². The van der Waals surface area contributed by atoms with Crippen LogP contribution in [0.25, 0.3) is 0 Å². The molecule has 0 aliphatic rings. The third-order valence-corrected chi connectivity index (χ3v) is 2.94. The van der Waals surface area contributed by atoms with Gasteiger partial charge in [-0.05, 0) is 25.1 Å². The zero-order valence-corrected chi connectivity index (χ0v) is 10.3. The van der Waals surface area contributed by atoms with Gasteiger partial charge < -0.3 is 4.74 Å². The maximum absolute atomic E-state index is 11.2. The van der Waals surface area contributed by atoms with E-state index in [0.29, 0.717) is 16.9 Å². The number of hydrogen-bond donors (Lipinski definition) is 0. The second-order valence-corrected chi connectivity index (χ2v) is 5.79. The lowest BCUT2D eigenvalue weighted by atomic mass is 10.1. The molecule has 0 aliphatic carbocycles. The van der Waals surface area contributed by atoms with Crippen LogP contribution in [0.3, 0.4) is 0 Å². The molecule has 0 amide bonds. The number of ether oxygens (including phenoxy) is 1. The van der Waals surface area contributed by atoms with Gasteiger partial charge in [0.25, 0.3) is 0 Å². The Bertz CT molecular complexity index is 503. The van der Waals surface area contributed by atoms with Crippen LogP contribution in [0.5, 0.6) is 5.75 Å². The lowest BCUT2D eigenvalue weighted by Crippen LogP contribution is -2.04. The molecule has 0 bridgehead atoms. The summed E-state index contributed by atoms with van der Waals surface area (Å²) in [6.07, 6.45) is 1.15. The summed E-state index contributed by atoms with van der Waals surface area (Å²) < 4.78 is 27.5. The van der Waals surface area contributed by atoms with Crippen molar-refractivity contribution in [3.8, 4) is 5.75 Å². The van der Waals surface area contributed by atoms with Crippen LogP contribution in [-0.4, -0.2) is 27.6 Å². The first-order valence-corrected chi connectivity index (χ1v) is 6.75. The number of rotatable bonds is 4. The molecule has 0 heterocycles. The van der Waals surface area contributed by atoms with Crippen molar-refractivity contribution in [2.75, 3.05) is 13.4 Å². The Morgan fingerprint density at radius 3 is 2.44 bits per heavy atom. The predicted molar refractivity (Wildman–Crippen MR) is 61.5 cm³/mol. The molecule has 1 rings (SSSR count). The number of methoxy groups -OCH3 is 1. The van der Waals surface area contributed by atoms with Gasteiger partial charge >= 0.3 is 0 Å². The van der Waals surface area contributed by atoms with Crippen molar-refractivity contribution < 1.29 is 17.9 Å². The van der Waals surface area contributed by atoms with E-state index in [2.05, 4.69) is 0 Å². The van der Waals surface area contributed by atoms with Crippen LogP contribution in [-0.2, 0) is 15.6 Å². The number of Topliss-reactive ketones (excluding diaryl/α,β-unsaturated/α-hetero) is 1. The van der Waals surface area contributed by atoms with Crippen LogP contribution >= 0.6 is 0 Å². The van der Waals surface area contributed by atoms with Crippen molar-refractivity contribution >= 4 is 15.6 Å². The normalized spacial score (nSPS) is 11.2. The first-order valence-electron chi connectivity index (χ1n) is 4.69. The maximum Gasteiger partial charge on any atom is 0.159 e. The predicted octanol–water partition coefficient (Wildman–Crippen LogP) is 1.44. The summed E-state index contributed by atoms with van der Waals surface area (Å²) in [5.41, 5.74) is 0.997. The zero-order valence-electron chi connectivity index (χ0n) is 9.48. The SMILES string of the molecule is COc1ccc(C(C)=O)cc1CS(C)(=O)=O. The first kappa shape index (κ1) is 12.7. The van der Waals surface area contributed by atoms with Crippen LogP contribution in [0, 0.1) is 0 Å². The minimum absolute atomic E-state index is 0.0996. The summed E-state index contributed by atoms with van der Waals surface area (Å²) in [6.45, 7) is 1.44. The van der Waals surface area contributed by atoms with Crippen molar-refractivity contribution in [1.82, 2.24) is 0 Å². The summed E-state index contributed by atoms with van der Waals surface area (Å²) in [5.74, 6) is 0.255. The lowest BCUT2D eigenvalue weighted by Gasteiger charge is -2.08. The zero-order chi connectivity index (χ0) is 12.3. The Balaban J connectivity index is 3.22.